The third-order valence-corrected chi connectivity index (χ3v) is 5.84. The Morgan fingerprint density at radius 2 is 2.00 bits per heavy atom. The predicted octanol–water partition coefficient (Wildman–Crippen LogP) is 4.28. The van der Waals surface area contributed by atoms with Crippen LogP contribution >= 0.6 is 0 Å². The van der Waals surface area contributed by atoms with E-state index in [0.717, 1.165) is 24.5 Å². The van der Waals surface area contributed by atoms with Crippen LogP contribution in [0.4, 0.5) is 0 Å². The van der Waals surface area contributed by atoms with Crippen molar-refractivity contribution in [3.8, 4) is 0 Å². The van der Waals surface area contributed by atoms with Gasteiger partial charge < -0.3 is 10.1 Å². The second kappa shape index (κ2) is 6.79. The van der Waals surface area contributed by atoms with Gasteiger partial charge in [0, 0.05) is 12.6 Å². The maximum atomic E-state index is 6.17. The lowest BCUT2D eigenvalue weighted by molar-refractivity contribution is -0.0941. The Bertz CT molecular complexity index is 294. The summed E-state index contributed by atoms with van der Waals surface area (Å²) in [5.74, 6) is 1.94. The lowest BCUT2D eigenvalue weighted by atomic mass is 9.81. The zero-order valence-electron chi connectivity index (χ0n) is 13.3. The standard InChI is InChI=1S/C18H33NO/c1-2-12-19-17(16-6-7-16)8-5-15-9-13-20-18(14-15)10-3-4-11-18/h15-17,19H,2-14H2,1H3. The van der Waals surface area contributed by atoms with Gasteiger partial charge in [-0.15, -0.1) is 0 Å². The molecule has 2 heteroatoms. The first kappa shape index (κ1) is 14.8. The van der Waals surface area contributed by atoms with Crippen molar-refractivity contribution >= 4 is 0 Å². The fourth-order valence-corrected chi connectivity index (χ4v) is 4.49. The first-order valence-electron chi connectivity index (χ1n) is 9.19. The van der Waals surface area contributed by atoms with Crippen LogP contribution in [0.15, 0.2) is 0 Å². The highest BCUT2D eigenvalue weighted by Crippen LogP contribution is 2.44. The van der Waals surface area contributed by atoms with E-state index in [1.807, 2.05) is 0 Å². The van der Waals surface area contributed by atoms with Gasteiger partial charge in [-0.2, -0.15) is 0 Å². The average molecular weight is 279 g/mol. The van der Waals surface area contributed by atoms with Gasteiger partial charge in [-0.25, -0.2) is 0 Å². The largest absolute Gasteiger partial charge is 0.375 e. The van der Waals surface area contributed by atoms with Crippen LogP contribution in [0, 0.1) is 11.8 Å². The van der Waals surface area contributed by atoms with E-state index in [2.05, 4.69) is 12.2 Å². The van der Waals surface area contributed by atoms with Gasteiger partial charge >= 0.3 is 0 Å². The van der Waals surface area contributed by atoms with Crippen LogP contribution < -0.4 is 5.32 Å². The molecule has 2 atom stereocenters. The Kier molecular flexibility index (Phi) is 5.04. The van der Waals surface area contributed by atoms with Crippen LogP contribution in [0.2, 0.25) is 0 Å². The number of rotatable bonds is 7. The monoisotopic (exact) mass is 279 g/mol. The average Bonchev–Trinajstić information content (AvgIpc) is 3.21. The summed E-state index contributed by atoms with van der Waals surface area (Å²) in [6.45, 7) is 4.51. The molecule has 1 saturated heterocycles. The molecule has 20 heavy (non-hydrogen) atoms. The van der Waals surface area contributed by atoms with E-state index in [0.29, 0.717) is 5.60 Å². The molecule has 0 amide bonds. The summed E-state index contributed by atoms with van der Waals surface area (Å²) in [7, 11) is 0. The van der Waals surface area contributed by atoms with Crippen LogP contribution in [0.25, 0.3) is 0 Å². The van der Waals surface area contributed by atoms with Crippen molar-refractivity contribution in [2.24, 2.45) is 11.8 Å². The molecule has 1 heterocycles. The van der Waals surface area contributed by atoms with Gasteiger partial charge in [0.15, 0.2) is 0 Å². The number of hydrogen-bond donors (Lipinski definition) is 1. The topological polar surface area (TPSA) is 21.3 Å². The molecule has 3 aliphatic rings. The smallest absolute Gasteiger partial charge is 0.0685 e. The van der Waals surface area contributed by atoms with Crippen molar-refractivity contribution < 1.29 is 4.74 Å². The molecule has 2 unspecified atom stereocenters. The zero-order chi connectivity index (χ0) is 13.8. The molecule has 1 aliphatic heterocycles. The number of hydrogen-bond acceptors (Lipinski definition) is 2. The lowest BCUT2D eigenvalue weighted by Gasteiger charge is -2.38. The minimum Gasteiger partial charge on any atom is -0.375 e. The molecule has 0 aromatic rings. The summed E-state index contributed by atoms with van der Waals surface area (Å²) in [5.41, 5.74) is 0.314. The molecule has 2 nitrogen and oxygen atoms in total. The van der Waals surface area contributed by atoms with Crippen molar-refractivity contribution in [2.75, 3.05) is 13.2 Å². The predicted molar refractivity (Wildman–Crippen MR) is 83.9 cm³/mol. The third kappa shape index (κ3) is 3.76. The molecule has 1 spiro atoms. The number of nitrogens with one attached hydrogen (secondary N) is 1. The van der Waals surface area contributed by atoms with E-state index in [1.165, 1.54) is 77.2 Å². The highest BCUT2D eigenvalue weighted by molar-refractivity contribution is 4.92. The van der Waals surface area contributed by atoms with Crippen LogP contribution in [0.5, 0.6) is 0 Å². The molecule has 3 fully saturated rings. The van der Waals surface area contributed by atoms with Gasteiger partial charge in [-0.05, 0) is 76.2 Å². The molecule has 0 bridgehead atoms. The Balaban J connectivity index is 1.44. The normalized spacial score (nSPS) is 30.8. The second-order valence-corrected chi connectivity index (χ2v) is 7.57. The van der Waals surface area contributed by atoms with Crippen LogP contribution in [-0.4, -0.2) is 24.8 Å². The Morgan fingerprint density at radius 1 is 1.20 bits per heavy atom. The Morgan fingerprint density at radius 3 is 2.70 bits per heavy atom. The highest BCUT2D eigenvalue weighted by Gasteiger charge is 2.40. The van der Waals surface area contributed by atoms with Gasteiger partial charge in [-0.3, -0.25) is 0 Å². The maximum Gasteiger partial charge on any atom is 0.0685 e. The summed E-state index contributed by atoms with van der Waals surface area (Å²) >= 11 is 0. The first-order valence-corrected chi connectivity index (χ1v) is 9.19. The zero-order valence-corrected chi connectivity index (χ0v) is 13.3. The molecule has 0 aromatic carbocycles. The molecule has 116 valence electrons. The van der Waals surface area contributed by atoms with Gasteiger partial charge in [-0.1, -0.05) is 19.8 Å². The molecule has 1 N–H and O–H groups in total. The SMILES string of the molecule is CCCNC(CCC1CCOC2(CCCC2)C1)C1CC1. The minimum absolute atomic E-state index is 0.314. The molecular weight excluding hydrogens is 246 g/mol. The van der Waals surface area contributed by atoms with Crippen LogP contribution in [0.3, 0.4) is 0 Å². The summed E-state index contributed by atoms with van der Waals surface area (Å²) in [4.78, 5) is 0. The summed E-state index contributed by atoms with van der Waals surface area (Å²) in [6.07, 6.45) is 15.2. The summed E-state index contributed by atoms with van der Waals surface area (Å²) in [5, 5.41) is 3.80. The van der Waals surface area contributed by atoms with E-state index < -0.39 is 0 Å². The number of ether oxygens (including phenoxy) is 1. The van der Waals surface area contributed by atoms with Crippen molar-refractivity contribution in [3.05, 3.63) is 0 Å². The molecule has 3 rings (SSSR count). The fourth-order valence-electron chi connectivity index (χ4n) is 4.49. The van der Waals surface area contributed by atoms with E-state index in [4.69, 9.17) is 4.74 Å². The third-order valence-electron chi connectivity index (χ3n) is 5.84. The van der Waals surface area contributed by atoms with Gasteiger partial charge in [0.25, 0.3) is 0 Å². The van der Waals surface area contributed by atoms with E-state index in [-0.39, 0.29) is 0 Å². The molecule has 0 aromatic heterocycles. The molecule has 0 radical (unpaired) electrons. The van der Waals surface area contributed by atoms with Gasteiger partial charge in [0.05, 0.1) is 5.60 Å². The lowest BCUT2D eigenvalue weighted by Crippen LogP contribution is -2.38. The highest BCUT2D eigenvalue weighted by atomic mass is 16.5. The first-order chi connectivity index (χ1) is 9.81. The van der Waals surface area contributed by atoms with Crippen LogP contribution in [-0.2, 0) is 4.74 Å². The molecule has 2 aliphatic carbocycles. The van der Waals surface area contributed by atoms with E-state index in [9.17, 15) is 0 Å². The van der Waals surface area contributed by atoms with Crippen molar-refractivity contribution in [1.29, 1.82) is 0 Å². The van der Waals surface area contributed by atoms with Crippen molar-refractivity contribution in [1.82, 2.24) is 5.32 Å². The summed E-state index contributed by atoms with van der Waals surface area (Å²) < 4.78 is 6.17. The molecule has 2 saturated carbocycles. The molecular formula is C18H33NO. The quantitative estimate of drug-likeness (QED) is 0.751. The fraction of sp³-hybridized carbons (Fsp3) is 1.00. The van der Waals surface area contributed by atoms with Gasteiger partial charge in [0.1, 0.15) is 0 Å². The Labute approximate surface area is 125 Å². The van der Waals surface area contributed by atoms with Crippen molar-refractivity contribution in [3.63, 3.8) is 0 Å². The van der Waals surface area contributed by atoms with E-state index in [1.54, 1.807) is 0 Å². The second-order valence-electron chi connectivity index (χ2n) is 7.57. The maximum absolute atomic E-state index is 6.17. The van der Waals surface area contributed by atoms with E-state index >= 15 is 0 Å². The van der Waals surface area contributed by atoms with Gasteiger partial charge in [0.2, 0.25) is 0 Å². The van der Waals surface area contributed by atoms with Crippen LogP contribution in [0.1, 0.15) is 77.6 Å². The summed E-state index contributed by atoms with van der Waals surface area (Å²) in [6, 6.07) is 0.817. The Hall–Kier alpha value is -0.0800. The van der Waals surface area contributed by atoms with Crippen molar-refractivity contribution in [2.45, 2.75) is 89.2 Å². The minimum atomic E-state index is 0.314.